The Morgan fingerprint density at radius 3 is 2.66 bits per heavy atom. The summed E-state index contributed by atoms with van der Waals surface area (Å²) in [6.07, 6.45) is 5.31. The van der Waals surface area contributed by atoms with Crippen LogP contribution in [-0.4, -0.2) is 60.8 Å². The quantitative estimate of drug-likeness (QED) is 0.343. The number of anilines is 1. The first-order chi connectivity index (χ1) is 18.1. The number of halogens is 1. The summed E-state index contributed by atoms with van der Waals surface area (Å²) in [5.41, 5.74) is 0.357. The number of carbonyl (C=O) groups is 2. The lowest BCUT2D eigenvalue weighted by Gasteiger charge is -2.34. The van der Waals surface area contributed by atoms with Crippen LogP contribution in [0.25, 0.3) is 0 Å². The molecule has 11 nitrogen and oxygen atoms in total. The van der Waals surface area contributed by atoms with E-state index in [2.05, 4.69) is 25.5 Å². The number of carbonyl (C=O) groups excluding carboxylic acids is 1. The van der Waals surface area contributed by atoms with E-state index in [9.17, 15) is 23.1 Å². The van der Waals surface area contributed by atoms with Gasteiger partial charge in [0, 0.05) is 25.7 Å². The third-order valence-corrected chi connectivity index (χ3v) is 8.75. The topological polar surface area (TPSA) is 159 Å². The maximum absolute atomic E-state index is 12.7. The molecule has 1 saturated carbocycles. The molecule has 1 amide bonds. The van der Waals surface area contributed by atoms with Crippen molar-refractivity contribution in [3.05, 3.63) is 53.2 Å². The third-order valence-electron chi connectivity index (χ3n) is 6.79. The summed E-state index contributed by atoms with van der Waals surface area (Å²) in [5.74, 6) is -0.776. The van der Waals surface area contributed by atoms with Crippen LogP contribution in [0, 0.1) is 12.8 Å². The first kappa shape index (κ1) is 27.8. The summed E-state index contributed by atoms with van der Waals surface area (Å²) in [7, 11) is -4.25. The maximum atomic E-state index is 12.7. The van der Waals surface area contributed by atoms with Crippen LogP contribution in [0.15, 0.2) is 52.6 Å². The molecule has 0 radical (unpaired) electrons. The van der Waals surface area contributed by atoms with E-state index in [1.807, 2.05) is 18.2 Å². The van der Waals surface area contributed by atoms with E-state index in [1.54, 1.807) is 19.2 Å². The molecular formula is C25H30ClN5O6S. The van der Waals surface area contributed by atoms with Crippen LogP contribution in [0.3, 0.4) is 0 Å². The van der Waals surface area contributed by atoms with Crippen molar-refractivity contribution in [1.29, 1.82) is 0 Å². The fraction of sp³-hybridized carbons (Fsp3) is 0.440. The molecule has 1 atom stereocenters. The number of pyridine rings is 1. The van der Waals surface area contributed by atoms with E-state index in [4.69, 9.17) is 16.4 Å². The molecule has 2 heterocycles. The predicted octanol–water partition coefficient (Wildman–Crippen LogP) is 2.71. The number of carboxylic acids is 1. The highest BCUT2D eigenvalue weighted by molar-refractivity contribution is 7.89. The van der Waals surface area contributed by atoms with Crippen molar-refractivity contribution in [3.63, 3.8) is 0 Å². The summed E-state index contributed by atoms with van der Waals surface area (Å²) < 4.78 is 27.5. The highest BCUT2D eigenvalue weighted by Crippen LogP contribution is 2.40. The molecule has 1 aliphatic heterocycles. The van der Waals surface area contributed by atoms with Gasteiger partial charge in [0.25, 0.3) is 5.91 Å². The number of hydrogen-bond acceptors (Lipinski definition) is 8. The van der Waals surface area contributed by atoms with Crippen LogP contribution in [0.2, 0.25) is 5.02 Å². The van der Waals surface area contributed by atoms with Crippen molar-refractivity contribution in [2.75, 3.05) is 18.4 Å². The largest absolute Gasteiger partial charge is 0.480 e. The molecule has 4 N–H and O–H groups in total. The number of sulfonamides is 1. The Kier molecular flexibility index (Phi) is 8.54. The Morgan fingerprint density at radius 1 is 1.24 bits per heavy atom. The standard InChI is InChI=1S/C25H30ClN5O6S/c1-16-5-6-21(18(26)12-16)38(35,36)31-20(24(33)34)15-29-23(32)19-13-25(37-30-19)9-7-17(8-10-25)14-28-22-4-2-3-11-27-22/h2-6,11-12,17,20,31H,7-10,13-15H2,1H3,(H,27,28)(H,29,32)(H,33,34)/t17?,20-,25?/m0/s1. The second-order valence-corrected chi connectivity index (χ2v) is 11.8. The monoisotopic (exact) mass is 563 g/mol. The molecule has 0 saturated heterocycles. The van der Waals surface area contributed by atoms with E-state index >= 15 is 0 Å². The van der Waals surface area contributed by atoms with Gasteiger partial charge in [0.1, 0.15) is 28.1 Å². The van der Waals surface area contributed by atoms with E-state index in [-0.39, 0.29) is 15.6 Å². The summed E-state index contributed by atoms with van der Waals surface area (Å²) in [6.45, 7) is 2.06. The first-order valence-corrected chi connectivity index (χ1v) is 14.1. The zero-order chi connectivity index (χ0) is 27.3. The minimum Gasteiger partial charge on any atom is -0.480 e. The highest BCUT2D eigenvalue weighted by atomic mass is 35.5. The first-order valence-electron chi connectivity index (χ1n) is 12.3. The van der Waals surface area contributed by atoms with Gasteiger partial charge in [-0.25, -0.2) is 13.4 Å². The number of aliphatic carboxylic acids is 1. The molecule has 1 aromatic heterocycles. The van der Waals surface area contributed by atoms with Gasteiger partial charge >= 0.3 is 5.97 Å². The van der Waals surface area contributed by atoms with Crippen molar-refractivity contribution < 1.29 is 28.0 Å². The minimum atomic E-state index is -4.25. The molecular weight excluding hydrogens is 534 g/mol. The van der Waals surface area contributed by atoms with Crippen molar-refractivity contribution in [1.82, 2.24) is 15.0 Å². The normalized spacial score (nSPS) is 21.8. The summed E-state index contributed by atoms with van der Waals surface area (Å²) in [4.78, 5) is 34.2. The molecule has 1 aromatic carbocycles. The number of rotatable bonds is 10. The molecule has 1 aliphatic carbocycles. The summed E-state index contributed by atoms with van der Waals surface area (Å²) in [5, 5.41) is 19.3. The van der Waals surface area contributed by atoms with Crippen molar-refractivity contribution in [2.24, 2.45) is 11.1 Å². The van der Waals surface area contributed by atoms with Crippen LogP contribution in [0.5, 0.6) is 0 Å². The van der Waals surface area contributed by atoms with Gasteiger partial charge in [-0.05, 0) is 68.4 Å². The van der Waals surface area contributed by atoms with Gasteiger partial charge < -0.3 is 20.6 Å². The SMILES string of the molecule is Cc1ccc(S(=O)(=O)N[C@@H](CNC(=O)C2=NOC3(CCC(CNc4ccccn4)CC3)C2)C(=O)O)c(Cl)c1. The van der Waals surface area contributed by atoms with E-state index in [0.29, 0.717) is 12.3 Å². The number of nitrogens with zero attached hydrogens (tertiary/aromatic N) is 2. The summed E-state index contributed by atoms with van der Waals surface area (Å²) >= 11 is 6.04. The molecule has 13 heteroatoms. The van der Waals surface area contributed by atoms with Crippen LogP contribution in [-0.2, 0) is 24.4 Å². The number of hydrogen-bond donors (Lipinski definition) is 4. The minimum absolute atomic E-state index is 0.0318. The molecule has 0 bridgehead atoms. The number of amides is 1. The molecule has 0 unspecified atom stereocenters. The van der Waals surface area contributed by atoms with Crippen molar-refractivity contribution >= 4 is 45.0 Å². The van der Waals surface area contributed by atoms with Crippen LogP contribution >= 0.6 is 11.6 Å². The molecule has 1 spiro atoms. The molecule has 2 aromatic rings. The maximum Gasteiger partial charge on any atom is 0.323 e. The van der Waals surface area contributed by atoms with Crippen LogP contribution in [0.4, 0.5) is 5.82 Å². The number of benzene rings is 1. The second-order valence-electron chi connectivity index (χ2n) is 9.68. The van der Waals surface area contributed by atoms with Gasteiger partial charge in [-0.15, -0.1) is 0 Å². The number of carboxylic acid groups (broad SMARTS) is 1. The number of nitrogens with one attached hydrogen (secondary N) is 3. The molecule has 1 fully saturated rings. The van der Waals surface area contributed by atoms with Gasteiger partial charge in [-0.3, -0.25) is 9.59 Å². The number of aromatic nitrogens is 1. The number of aryl methyl sites for hydroxylation is 1. The molecule has 4 rings (SSSR count). The number of oxime groups is 1. The van der Waals surface area contributed by atoms with Gasteiger partial charge in [0.05, 0.1) is 5.02 Å². The lowest BCUT2D eigenvalue weighted by Crippen LogP contribution is -2.49. The molecule has 38 heavy (non-hydrogen) atoms. The lowest BCUT2D eigenvalue weighted by molar-refractivity contribution is -0.138. The highest BCUT2D eigenvalue weighted by Gasteiger charge is 2.44. The van der Waals surface area contributed by atoms with Crippen molar-refractivity contribution in [3.8, 4) is 0 Å². The van der Waals surface area contributed by atoms with Crippen LogP contribution in [0.1, 0.15) is 37.7 Å². The van der Waals surface area contributed by atoms with E-state index in [0.717, 1.165) is 43.6 Å². The van der Waals surface area contributed by atoms with E-state index in [1.165, 1.54) is 12.1 Å². The van der Waals surface area contributed by atoms with E-state index < -0.39 is 40.1 Å². The Labute approximate surface area is 226 Å². The third kappa shape index (κ3) is 6.80. The zero-order valence-corrected chi connectivity index (χ0v) is 22.4. The molecule has 204 valence electrons. The Balaban J connectivity index is 1.27. The Hall–Kier alpha value is -3.22. The van der Waals surface area contributed by atoms with Gasteiger partial charge in [0.2, 0.25) is 10.0 Å². The fourth-order valence-electron chi connectivity index (χ4n) is 4.59. The zero-order valence-electron chi connectivity index (χ0n) is 20.8. The predicted molar refractivity (Wildman–Crippen MR) is 141 cm³/mol. The van der Waals surface area contributed by atoms with Gasteiger partial charge in [-0.1, -0.05) is 28.9 Å². The van der Waals surface area contributed by atoms with Gasteiger partial charge in [-0.2, -0.15) is 4.72 Å². The van der Waals surface area contributed by atoms with Crippen LogP contribution < -0.4 is 15.4 Å². The Bertz CT molecular complexity index is 1310. The van der Waals surface area contributed by atoms with Crippen molar-refractivity contribution in [2.45, 2.75) is 55.6 Å². The lowest BCUT2D eigenvalue weighted by atomic mass is 9.76. The smallest absolute Gasteiger partial charge is 0.323 e. The fourth-order valence-corrected chi connectivity index (χ4v) is 6.37. The molecule has 2 aliphatic rings. The average molecular weight is 564 g/mol. The van der Waals surface area contributed by atoms with Gasteiger partial charge in [0.15, 0.2) is 0 Å². The summed E-state index contributed by atoms with van der Waals surface area (Å²) in [6, 6.07) is 8.41. The average Bonchev–Trinajstić information content (AvgIpc) is 3.30. The Morgan fingerprint density at radius 2 is 2.00 bits per heavy atom. The second kappa shape index (κ2) is 11.7.